The molecule has 2 heterocycles. The maximum atomic E-state index is 10.2. The van der Waals surface area contributed by atoms with Gasteiger partial charge in [0.2, 0.25) is 0 Å². The van der Waals surface area contributed by atoms with Gasteiger partial charge in [0.05, 0.1) is 6.61 Å². The first-order valence-electron chi connectivity index (χ1n) is 6.39. The van der Waals surface area contributed by atoms with E-state index in [1.54, 1.807) is 13.8 Å². The van der Waals surface area contributed by atoms with Crippen LogP contribution in [0.15, 0.2) is 0 Å². The molecule has 0 aromatic heterocycles. The molecule has 0 aromatic rings. The first kappa shape index (κ1) is 16.1. The van der Waals surface area contributed by atoms with Crippen molar-refractivity contribution in [3.8, 4) is 0 Å². The first-order chi connectivity index (χ1) is 9.35. The standard InChI is InChI=1S/C12H20NO6P/c1-12(2)18-9-8(17-11(20)10(9)19-12)7(15)6(14)4-16-5-13-3/h6-11,14-15H,4-5,20H2,1-2H3/t6-,7-,8-,9?,10-,11-/m1/s1. The van der Waals surface area contributed by atoms with E-state index in [4.69, 9.17) is 25.5 Å². The highest BCUT2D eigenvalue weighted by Crippen LogP contribution is 2.41. The predicted molar refractivity (Wildman–Crippen MR) is 71.6 cm³/mol. The molecule has 20 heavy (non-hydrogen) atoms. The van der Waals surface area contributed by atoms with Crippen molar-refractivity contribution in [3.05, 3.63) is 11.4 Å². The summed E-state index contributed by atoms with van der Waals surface area (Å²) in [5.74, 6) is -1.05. The third kappa shape index (κ3) is 3.29. The van der Waals surface area contributed by atoms with Crippen LogP contribution in [-0.2, 0) is 18.9 Å². The Morgan fingerprint density at radius 1 is 1.35 bits per heavy atom. The van der Waals surface area contributed by atoms with Crippen molar-refractivity contribution in [1.29, 1.82) is 0 Å². The van der Waals surface area contributed by atoms with Gasteiger partial charge in [0, 0.05) is 0 Å². The molecule has 2 N–H and O–H groups in total. The monoisotopic (exact) mass is 305 g/mol. The molecule has 2 fully saturated rings. The van der Waals surface area contributed by atoms with Crippen molar-refractivity contribution in [2.24, 2.45) is 0 Å². The van der Waals surface area contributed by atoms with E-state index in [1.807, 2.05) is 0 Å². The molecule has 2 unspecified atom stereocenters. The van der Waals surface area contributed by atoms with Crippen LogP contribution in [0.3, 0.4) is 0 Å². The molecule has 0 saturated carbocycles. The van der Waals surface area contributed by atoms with Gasteiger partial charge in [-0.25, -0.2) is 6.57 Å². The highest BCUT2D eigenvalue weighted by atomic mass is 31.0. The highest BCUT2D eigenvalue weighted by molar-refractivity contribution is 7.17. The van der Waals surface area contributed by atoms with Gasteiger partial charge in [0.25, 0.3) is 0 Å². The molecule has 0 aromatic carbocycles. The average Bonchev–Trinajstić information content (AvgIpc) is 2.84. The molecule has 0 amide bonds. The van der Waals surface area contributed by atoms with Gasteiger partial charge in [0.1, 0.15) is 36.4 Å². The Bertz CT molecular complexity index is 387. The minimum atomic E-state index is -1.17. The van der Waals surface area contributed by atoms with Crippen LogP contribution >= 0.6 is 9.24 Å². The number of aliphatic hydroxyl groups is 2. The molecule has 0 radical (unpaired) electrons. The van der Waals surface area contributed by atoms with Crippen LogP contribution in [0, 0.1) is 6.57 Å². The second kappa shape index (κ2) is 6.20. The van der Waals surface area contributed by atoms with Crippen molar-refractivity contribution in [3.63, 3.8) is 0 Å². The fraction of sp³-hybridized carbons (Fsp3) is 0.917. The summed E-state index contributed by atoms with van der Waals surface area (Å²) in [7, 11) is 2.50. The van der Waals surface area contributed by atoms with E-state index >= 15 is 0 Å². The van der Waals surface area contributed by atoms with Crippen LogP contribution in [0.5, 0.6) is 0 Å². The second-order valence-corrected chi connectivity index (χ2v) is 6.00. The molecule has 2 rings (SSSR count). The molecule has 2 aliphatic rings. The van der Waals surface area contributed by atoms with E-state index in [-0.39, 0.29) is 25.3 Å². The third-order valence-electron chi connectivity index (χ3n) is 3.30. The Morgan fingerprint density at radius 3 is 2.65 bits per heavy atom. The lowest BCUT2D eigenvalue weighted by atomic mass is 10.0. The molecule has 7 nitrogen and oxygen atoms in total. The van der Waals surface area contributed by atoms with Crippen LogP contribution in [-0.4, -0.2) is 65.7 Å². The Balaban J connectivity index is 1.96. The predicted octanol–water partition coefficient (Wildman–Crippen LogP) is -0.278. The van der Waals surface area contributed by atoms with E-state index in [9.17, 15) is 10.2 Å². The number of nitrogens with zero attached hydrogens (tertiary/aromatic N) is 1. The lowest BCUT2D eigenvalue weighted by molar-refractivity contribution is -0.196. The number of hydrogen-bond acceptors (Lipinski definition) is 6. The number of ether oxygens (including phenoxy) is 4. The van der Waals surface area contributed by atoms with Crippen LogP contribution < -0.4 is 0 Å². The Morgan fingerprint density at radius 2 is 2.00 bits per heavy atom. The average molecular weight is 305 g/mol. The van der Waals surface area contributed by atoms with Crippen LogP contribution in [0.2, 0.25) is 0 Å². The van der Waals surface area contributed by atoms with Gasteiger partial charge >= 0.3 is 6.73 Å². The fourth-order valence-electron chi connectivity index (χ4n) is 2.47. The maximum Gasteiger partial charge on any atom is 0.318 e. The summed E-state index contributed by atoms with van der Waals surface area (Å²) in [5.41, 5.74) is 0. The van der Waals surface area contributed by atoms with Gasteiger partial charge in [0.15, 0.2) is 5.79 Å². The van der Waals surface area contributed by atoms with Gasteiger partial charge in [-0.15, -0.1) is 9.24 Å². The summed E-state index contributed by atoms with van der Waals surface area (Å²) >= 11 is 0. The second-order valence-electron chi connectivity index (χ2n) is 5.35. The first-order valence-corrected chi connectivity index (χ1v) is 7.06. The summed E-state index contributed by atoms with van der Waals surface area (Å²) in [6.45, 7) is 9.88. The highest BCUT2D eigenvalue weighted by Gasteiger charge is 2.56. The summed E-state index contributed by atoms with van der Waals surface area (Å²) in [5, 5.41) is 20.1. The van der Waals surface area contributed by atoms with Gasteiger partial charge in [-0.2, -0.15) is 0 Å². The number of rotatable bonds is 5. The smallest absolute Gasteiger partial charge is 0.318 e. The van der Waals surface area contributed by atoms with Gasteiger partial charge in [-0.05, 0) is 13.8 Å². The Kier molecular flexibility index (Phi) is 4.98. The summed E-state index contributed by atoms with van der Waals surface area (Å²) in [6, 6.07) is 0. The summed E-state index contributed by atoms with van der Waals surface area (Å²) < 4.78 is 21.9. The van der Waals surface area contributed by atoms with Gasteiger partial charge in [-0.1, -0.05) is 0 Å². The molecule has 114 valence electrons. The third-order valence-corrected chi connectivity index (χ3v) is 3.84. The number of hydrogen-bond donors (Lipinski definition) is 2. The van der Waals surface area contributed by atoms with Crippen LogP contribution in [0.4, 0.5) is 0 Å². The van der Waals surface area contributed by atoms with E-state index in [0.717, 1.165) is 0 Å². The van der Waals surface area contributed by atoms with E-state index in [2.05, 4.69) is 14.1 Å². The number of aliphatic hydroxyl groups excluding tert-OH is 2. The van der Waals surface area contributed by atoms with Crippen molar-refractivity contribution in [2.75, 3.05) is 13.3 Å². The van der Waals surface area contributed by atoms with Gasteiger partial charge in [-0.3, -0.25) is 4.85 Å². The van der Waals surface area contributed by atoms with Crippen molar-refractivity contribution < 1.29 is 29.2 Å². The minimum Gasteiger partial charge on any atom is -0.388 e. The minimum absolute atomic E-state index is 0.132. The normalized spacial score (nSPS) is 38.2. The van der Waals surface area contributed by atoms with Gasteiger partial charge < -0.3 is 29.2 Å². The topological polar surface area (TPSA) is 81.7 Å². The lowest BCUT2D eigenvalue weighted by Crippen LogP contribution is -2.46. The molecule has 7 atom stereocenters. The van der Waals surface area contributed by atoms with E-state index < -0.39 is 30.2 Å². The molecule has 0 aliphatic carbocycles. The molecule has 2 aliphatic heterocycles. The SMILES string of the molecule is [C-]#[N+]COC[C@@H](O)[C@@H](O)[C@H]1O[C@H](P)[C@@H]2OC(C)(C)OC21. The summed E-state index contributed by atoms with van der Waals surface area (Å²) in [4.78, 5) is 3.00. The molecule has 0 bridgehead atoms. The van der Waals surface area contributed by atoms with Crippen LogP contribution in [0.1, 0.15) is 13.8 Å². The van der Waals surface area contributed by atoms with Crippen molar-refractivity contribution >= 4 is 9.24 Å². The molecular formula is C12H20NO6P. The zero-order valence-corrected chi connectivity index (χ0v) is 12.6. The number of fused-ring (bicyclic) bond motifs is 1. The Hall–Kier alpha value is -0.320. The summed E-state index contributed by atoms with van der Waals surface area (Å²) in [6.07, 6.45) is -3.76. The fourth-order valence-corrected chi connectivity index (χ4v) is 2.95. The zero-order valence-electron chi connectivity index (χ0n) is 11.4. The van der Waals surface area contributed by atoms with Crippen LogP contribution in [0.25, 0.3) is 4.85 Å². The maximum absolute atomic E-state index is 10.2. The quantitative estimate of drug-likeness (QED) is 0.413. The largest absolute Gasteiger partial charge is 0.388 e. The molecular weight excluding hydrogens is 285 g/mol. The Labute approximate surface area is 120 Å². The van der Waals surface area contributed by atoms with E-state index in [1.165, 1.54) is 0 Å². The lowest BCUT2D eigenvalue weighted by Gasteiger charge is -2.27. The molecule has 0 spiro atoms. The molecule has 2 saturated heterocycles. The van der Waals surface area contributed by atoms with E-state index in [0.29, 0.717) is 0 Å². The van der Waals surface area contributed by atoms with Crippen molar-refractivity contribution in [1.82, 2.24) is 0 Å². The molecule has 8 heteroatoms. The zero-order chi connectivity index (χ0) is 14.9. The van der Waals surface area contributed by atoms with Crippen molar-refractivity contribution in [2.45, 2.75) is 56.0 Å².